The molecular formula is C18H25NS. The van der Waals surface area contributed by atoms with Gasteiger partial charge in [-0.25, -0.2) is 0 Å². The Morgan fingerprint density at radius 1 is 1.00 bits per heavy atom. The molecule has 0 amide bonds. The van der Waals surface area contributed by atoms with Crippen LogP contribution in [0.4, 0.5) is 0 Å². The SMILES string of the molecule is CCCNC(CCC)c1ccc(-c2ccc(C)cc2)s1. The van der Waals surface area contributed by atoms with Crippen LogP contribution in [0, 0.1) is 6.92 Å². The minimum Gasteiger partial charge on any atom is -0.309 e. The molecule has 1 N–H and O–H groups in total. The van der Waals surface area contributed by atoms with Gasteiger partial charge in [-0.05, 0) is 44.0 Å². The first kappa shape index (κ1) is 15.3. The minimum atomic E-state index is 0.518. The lowest BCUT2D eigenvalue weighted by Gasteiger charge is -2.16. The molecule has 0 saturated carbocycles. The standard InChI is InChI=1S/C18H25NS/c1-4-6-16(19-13-5-2)18-12-11-17(20-18)15-9-7-14(3)8-10-15/h7-12,16,19H,4-6,13H2,1-3H3. The Morgan fingerprint density at radius 3 is 2.40 bits per heavy atom. The molecule has 0 radical (unpaired) electrons. The highest BCUT2D eigenvalue weighted by Crippen LogP contribution is 2.33. The summed E-state index contributed by atoms with van der Waals surface area (Å²) in [7, 11) is 0. The highest BCUT2D eigenvalue weighted by Gasteiger charge is 2.12. The van der Waals surface area contributed by atoms with Crippen LogP contribution in [-0.4, -0.2) is 6.54 Å². The second-order valence-corrected chi connectivity index (χ2v) is 6.48. The highest BCUT2D eigenvalue weighted by atomic mass is 32.1. The molecule has 0 fully saturated rings. The lowest BCUT2D eigenvalue weighted by Crippen LogP contribution is -2.21. The third-order valence-electron chi connectivity index (χ3n) is 3.52. The summed E-state index contributed by atoms with van der Waals surface area (Å²) in [6.07, 6.45) is 3.63. The van der Waals surface area contributed by atoms with Crippen LogP contribution in [-0.2, 0) is 0 Å². The largest absolute Gasteiger partial charge is 0.309 e. The monoisotopic (exact) mass is 287 g/mol. The fourth-order valence-electron chi connectivity index (χ4n) is 2.37. The summed E-state index contributed by atoms with van der Waals surface area (Å²) >= 11 is 1.93. The van der Waals surface area contributed by atoms with E-state index in [4.69, 9.17) is 0 Å². The molecule has 0 aliphatic heterocycles. The molecule has 0 aliphatic carbocycles. The summed E-state index contributed by atoms with van der Waals surface area (Å²) in [6, 6.07) is 13.9. The van der Waals surface area contributed by atoms with Gasteiger partial charge in [0.15, 0.2) is 0 Å². The number of nitrogens with one attached hydrogen (secondary N) is 1. The average Bonchev–Trinajstić information content (AvgIpc) is 2.94. The lowest BCUT2D eigenvalue weighted by atomic mass is 10.1. The average molecular weight is 287 g/mol. The fourth-order valence-corrected chi connectivity index (χ4v) is 3.49. The van der Waals surface area contributed by atoms with Gasteiger partial charge < -0.3 is 5.32 Å². The number of hydrogen-bond acceptors (Lipinski definition) is 2. The normalized spacial score (nSPS) is 12.6. The van der Waals surface area contributed by atoms with E-state index in [-0.39, 0.29) is 0 Å². The van der Waals surface area contributed by atoms with Crippen molar-refractivity contribution in [1.29, 1.82) is 0 Å². The maximum atomic E-state index is 3.67. The topological polar surface area (TPSA) is 12.0 Å². The van der Waals surface area contributed by atoms with E-state index in [0.717, 1.165) is 6.54 Å². The van der Waals surface area contributed by atoms with Crippen LogP contribution in [0.3, 0.4) is 0 Å². The number of thiophene rings is 1. The molecule has 2 rings (SSSR count). The molecule has 0 saturated heterocycles. The summed E-state index contributed by atoms with van der Waals surface area (Å²) in [4.78, 5) is 2.84. The first-order valence-corrected chi connectivity index (χ1v) is 8.46. The summed E-state index contributed by atoms with van der Waals surface area (Å²) in [5, 5.41) is 3.67. The van der Waals surface area contributed by atoms with Crippen molar-refractivity contribution in [3.8, 4) is 10.4 Å². The van der Waals surface area contributed by atoms with Gasteiger partial charge in [-0.3, -0.25) is 0 Å². The predicted molar refractivity (Wildman–Crippen MR) is 90.4 cm³/mol. The van der Waals surface area contributed by atoms with Gasteiger partial charge >= 0.3 is 0 Å². The van der Waals surface area contributed by atoms with Crippen molar-refractivity contribution in [2.45, 2.75) is 46.1 Å². The van der Waals surface area contributed by atoms with E-state index in [0.29, 0.717) is 6.04 Å². The van der Waals surface area contributed by atoms with Crippen LogP contribution in [0.25, 0.3) is 10.4 Å². The smallest absolute Gasteiger partial charge is 0.0414 e. The van der Waals surface area contributed by atoms with E-state index >= 15 is 0 Å². The zero-order valence-electron chi connectivity index (χ0n) is 12.8. The molecule has 108 valence electrons. The maximum absolute atomic E-state index is 3.67. The van der Waals surface area contributed by atoms with Gasteiger partial charge in [-0.15, -0.1) is 11.3 Å². The molecule has 2 heteroatoms. The summed E-state index contributed by atoms with van der Waals surface area (Å²) in [5.41, 5.74) is 2.65. The van der Waals surface area contributed by atoms with E-state index in [1.54, 1.807) is 0 Å². The second kappa shape index (κ2) is 7.61. The molecule has 0 aliphatic rings. The zero-order chi connectivity index (χ0) is 14.4. The Morgan fingerprint density at radius 2 is 1.75 bits per heavy atom. The molecule has 1 atom stereocenters. The van der Waals surface area contributed by atoms with E-state index in [1.807, 2.05) is 11.3 Å². The number of benzene rings is 1. The molecule has 1 nitrogen and oxygen atoms in total. The summed E-state index contributed by atoms with van der Waals surface area (Å²) in [6.45, 7) is 7.72. The quantitative estimate of drug-likeness (QED) is 0.702. The third-order valence-corrected chi connectivity index (χ3v) is 4.77. The van der Waals surface area contributed by atoms with Gasteiger partial charge in [0.05, 0.1) is 0 Å². The molecule has 2 aromatic rings. The summed E-state index contributed by atoms with van der Waals surface area (Å²) < 4.78 is 0. The van der Waals surface area contributed by atoms with Gasteiger partial charge in [0.1, 0.15) is 0 Å². The summed E-state index contributed by atoms with van der Waals surface area (Å²) in [5.74, 6) is 0. The number of aryl methyl sites for hydroxylation is 1. The van der Waals surface area contributed by atoms with Crippen molar-refractivity contribution >= 4 is 11.3 Å². The first-order chi connectivity index (χ1) is 9.74. The zero-order valence-corrected chi connectivity index (χ0v) is 13.6. The molecular weight excluding hydrogens is 262 g/mol. The highest BCUT2D eigenvalue weighted by molar-refractivity contribution is 7.15. The molecule has 20 heavy (non-hydrogen) atoms. The van der Waals surface area contributed by atoms with Crippen molar-refractivity contribution in [2.75, 3.05) is 6.54 Å². The van der Waals surface area contributed by atoms with Crippen LogP contribution in [0.15, 0.2) is 36.4 Å². The van der Waals surface area contributed by atoms with Crippen LogP contribution >= 0.6 is 11.3 Å². The van der Waals surface area contributed by atoms with Crippen molar-refractivity contribution < 1.29 is 0 Å². The van der Waals surface area contributed by atoms with E-state index in [1.165, 1.54) is 40.1 Å². The van der Waals surface area contributed by atoms with Gasteiger partial charge in [-0.1, -0.05) is 50.1 Å². The van der Waals surface area contributed by atoms with Gasteiger partial charge in [0.2, 0.25) is 0 Å². The molecule has 1 heterocycles. The fraction of sp³-hybridized carbons (Fsp3) is 0.444. The molecule has 0 bridgehead atoms. The Bertz CT molecular complexity index is 512. The van der Waals surface area contributed by atoms with Crippen LogP contribution in [0.2, 0.25) is 0 Å². The second-order valence-electron chi connectivity index (χ2n) is 5.36. The van der Waals surface area contributed by atoms with E-state index in [9.17, 15) is 0 Å². The Balaban J connectivity index is 2.15. The Hall–Kier alpha value is -1.12. The van der Waals surface area contributed by atoms with Gasteiger partial charge in [0, 0.05) is 15.8 Å². The molecule has 1 unspecified atom stereocenters. The van der Waals surface area contributed by atoms with Crippen molar-refractivity contribution in [3.05, 3.63) is 46.8 Å². The van der Waals surface area contributed by atoms with Crippen molar-refractivity contribution in [2.24, 2.45) is 0 Å². The van der Waals surface area contributed by atoms with Crippen LogP contribution < -0.4 is 5.32 Å². The van der Waals surface area contributed by atoms with Crippen LogP contribution in [0.5, 0.6) is 0 Å². The van der Waals surface area contributed by atoms with Crippen LogP contribution in [0.1, 0.15) is 49.6 Å². The predicted octanol–water partition coefficient (Wildman–Crippen LogP) is 5.56. The Kier molecular flexibility index (Phi) is 5.81. The van der Waals surface area contributed by atoms with Gasteiger partial charge in [-0.2, -0.15) is 0 Å². The molecule has 1 aromatic carbocycles. The Labute approximate surface area is 127 Å². The van der Waals surface area contributed by atoms with E-state index in [2.05, 4.69) is 62.5 Å². The third kappa shape index (κ3) is 3.94. The minimum absolute atomic E-state index is 0.518. The maximum Gasteiger partial charge on any atom is 0.0414 e. The number of rotatable bonds is 7. The first-order valence-electron chi connectivity index (χ1n) is 7.64. The molecule has 0 spiro atoms. The number of hydrogen-bond donors (Lipinski definition) is 1. The molecule has 1 aromatic heterocycles. The van der Waals surface area contributed by atoms with Crippen molar-refractivity contribution in [1.82, 2.24) is 5.32 Å². The van der Waals surface area contributed by atoms with E-state index < -0.39 is 0 Å². The van der Waals surface area contributed by atoms with Gasteiger partial charge in [0.25, 0.3) is 0 Å². The van der Waals surface area contributed by atoms with Crippen molar-refractivity contribution in [3.63, 3.8) is 0 Å². The lowest BCUT2D eigenvalue weighted by molar-refractivity contribution is 0.501.